The Balaban J connectivity index is 1.66. The van der Waals surface area contributed by atoms with Gasteiger partial charge in [-0.05, 0) is 67.6 Å². The van der Waals surface area contributed by atoms with Gasteiger partial charge in [-0.3, -0.25) is 9.10 Å². The molecule has 0 heterocycles. The lowest BCUT2D eigenvalue weighted by Crippen LogP contribution is -2.38. The Morgan fingerprint density at radius 2 is 1.54 bits per heavy atom. The van der Waals surface area contributed by atoms with Crippen molar-refractivity contribution in [3.05, 3.63) is 108 Å². The monoisotopic (exact) mass is 552 g/mol. The van der Waals surface area contributed by atoms with Crippen LogP contribution < -0.4 is 14.4 Å². The Morgan fingerprint density at radius 3 is 2.27 bits per heavy atom. The Bertz CT molecular complexity index is 1460. The van der Waals surface area contributed by atoms with Crippen molar-refractivity contribution in [2.75, 3.05) is 22.8 Å². The second-order valence-electron chi connectivity index (χ2n) is 7.83. The van der Waals surface area contributed by atoms with Crippen LogP contribution in [-0.4, -0.2) is 27.5 Å². The van der Waals surface area contributed by atoms with Gasteiger partial charge in [-0.15, -0.1) is 0 Å². The first kappa shape index (κ1) is 26.6. The van der Waals surface area contributed by atoms with Crippen LogP contribution in [0.25, 0.3) is 0 Å². The lowest BCUT2D eigenvalue weighted by Gasteiger charge is -2.26. The molecule has 1 N–H and O–H groups in total. The second-order valence-corrected chi connectivity index (χ2v) is 11.2. The third kappa shape index (κ3) is 6.65. The van der Waals surface area contributed by atoms with Crippen LogP contribution in [0.1, 0.15) is 6.92 Å². The molecule has 9 heteroatoms. The molecule has 0 spiro atoms. The first-order chi connectivity index (χ1) is 17.9. The molecular weight excluding hydrogens is 528 g/mol. The summed E-state index contributed by atoms with van der Waals surface area (Å²) in [5.41, 5.74) is 0.852. The van der Waals surface area contributed by atoms with E-state index in [0.29, 0.717) is 23.1 Å². The number of halogens is 1. The quantitative estimate of drug-likeness (QED) is 0.236. The Morgan fingerprint density at radius 1 is 0.892 bits per heavy atom. The molecule has 4 aromatic rings. The predicted molar refractivity (Wildman–Crippen MR) is 149 cm³/mol. The Kier molecular flexibility index (Phi) is 8.76. The van der Waals surface area contributed by atoms with E-state index in [1.54, 1.807) is 30.3 Å². The fraction of sp³-hybridized carbons (Fsp3) is 0.107. The van der Waals surface area contributed by atoms with Crippen molar-refractivity contribution < 1.29 is 17.9 Å². The average Bonchev–Trinajstić information content (AvgIpc) is 2.90. The summed E-state index contributed by atoms with van der Waals surface area (Å²) in [5.74, 6) is -0.139. The summed E-state index contributed by atoms with van der Waals surface area (Å²) in [6, 6.07) is 29.7. The van der Waals surface area contributed by atoms with Gasteiger partial charge in [0.2, 0.25) is 5.91 Å². The minimum absolute atomic E-state index is 0.0102. The van der Waals surface area contributed by atoms with Crippen molar-refractivity contribution in [3.8, 4) is 5.75 Å². The number of ether oxygens (including phenoxy) is 1. The SMILES string of the molecule is CCOc1ccccc1N(CC(=O)Nc1ccccc1Sc1ccccc1)S(=O)(=O)c1ccc(Cl)cc1. The largest absolute Gasteiger partial charge is 0.492 e. The molecule has 4 aromatic carbocycles. The van der Waals surface area contributed by atoms with Crippen LogP contribution >= 0.6 is 23.4 Å². The topological polar surface area (TPSA) is 75.7 Å². The summed E-state index contributed by atoms with van der Waals surface area (Å²) in [4.78, 5) is 15.2. The fourth-order valence-electron chi connectivity index (χ4n) is 3.57. The standard InChI is InChI=1S/C28H25ClN2O4S2/c1-2-35-26-14-8-7-13-25(26)31(37(33,34)23-18-16-21(29)17-19-23)20-28(32)30-24-12-6-9-15-27(24)36-22-10-4-3-5-11-22/h3-19H,2,20H2,1H3,(H,30,32). The van der Waals surface area contributed by atoms with Crippen molar-refractivity contribution in [1.82, 2.24) is 0 Å². The smallest absolute Gasteiger partial charge is 0.264 e. The molecule has 37 heavy (non-hydrogen) atoms. The molecule has 0 unspecified atom stereocenters. The maximum Gasteiger partial charge on any atom is 0.264 e. The first-order valence-electron chi connectivity index (χ1n) is 11.5. The van der Waals surface area contributed by atoms with Gasteiger partial charge >= 0.3 is 0 Å². The van der Waals surface area contributed by atoms with E-state index in [2.05, 4.69) is 5.32 Å². The van der Waals surface area contributed by atoms with Gasteiger partial charge in [0.1, 0.15) is 12.3 Å². The summed E-state index contributed by atoms with van der Waals surface area (Å²) in [6.07, 6.45) is 0. The molecule has 0 fully saturated rings. The normalized spacial score (nSPS) is 11.1. The van der Waals surface area contributed by atoms with Gasteiger partial charge in [-0.25, -0.2) is 8.42 Å². The highest BCUT2D eigenvalue weighted by Gasteiger charge is 2.29. The van der Waals surface area contributed by atoms with Crippen LogP contribution in [0.3, 0.4) is 0 Å². The number of nitrogens with one attached hydrogen (secondary N) is 1. The zero-order chi connectivity index (χ0) is 26.3. The zero-order valence-electron chi connectivity index (χ0n) is 20.0. The molecule has 0 saturated heterocycles. The lowest BCUT2D eigenvalue weighted by atomic mass is 10.3. The molecule has 0 bridgehead atoms. The third-order valence-corrected chi connectivity index (χ3v) is 8.36. The number of anilines is 2. The third-order valence-electron chi connectivity index (χ3n) is 5.25. The summed E-state index contributed by atoms with van der Waals surface area (Å²) in [6.45, 7) is 1.68. The number of hydrogen-bond acceptors (Lipinski definition) is 5. The number of rotatable bonds is 10. The van der Waals surface area contributed by atoms with Crippen LogP contribution in [0.2, 0.25) is 5.02 Å². The molecule has 0 atom stereocenters. The number of nitrogens with zero attached hydrogens (tertiary/aromatic N) is 1. The molecule has 0 aliphatic rings. The summed E-state index contributed by atoms with van der Waals surface area (Å²) < 4.78 is 34.2. The molecule has 190 valence electrons. The van der Waals surface area contributed by atoms with Crippen molar-refractivity contribution in [1.29, 1.82) is 0 Å². The summed E-state index contributed by atoms with van der Waals surface area (Å²) >= 11 is 7.48. The second kappa shape index (κ2) is 12.2. The number of carbonyl (C=O) groups is 1. The molecule has 4 rings (SSSR count). The first-order valence-corrected chi connectivity index (χ1v) is 14.1. The van der Waals surface area contributed by atoms with Gasteiger partial charge < -0.3 is 10.1 Å². The molecule has 0 aliphatic carbocycles. The van der Waals surface area contributed by atoms with E-state index in [1.165, 1.54) is 36.0 Å². The molecule has 0 saturated carbocycles. The molecule has 0 radical (unpaired) electrons. The van der Waals surface area contributed by atoms with Crippen LogP contribution in [0.5, 0.6) is 5.75 Å². The highest BCUT2D eigenvalue weighted by molar-refractivity contribution is 7.99. The maximum atomic E-state index is 13.7. The van der Waals surface area contributed by atoms with Gasteiger partial charge in [-0.1, -0.05) is 65.8 Å². The van der Waals surface area contributed by atoms with Crippen molar-refractivity contribution >= 4 is 50.7 Å². The predicted octanol–water partition coefficient (Wildman–Crippen LogP) is 6.72. The summed E-state index contributed by atoms with van der Waals surface area (Å²) in [5, 5.41) is 3.30. The van der Waals surface area contributed by atoms with Crippen LogP contribution in [0.4, 0.5) is 11.4 Å². The molecule has 1 amide bonds. The number of amides is 1. The van der Waals surface area contributed by atoms with E-state index in [9.17, 15) is 13.2 Å². The van der Waals surface area contributed by atoms with Gasteiger partial charge in [0.05, 0.1) is 22.9 Å². The van der Waals surface area contributed by atoms with Crippen LogP contribution in [-0.2, 0) is 14.8 Å². The number of carbonyl (C=O) groups excluding carboxylic acids is 1. The number of hydrogen-bond donors (Lipinski definition) is 1. The Labute approximate surface area is 226 Å². The van der Waals surface area contributed by atoms with Crippen molar-refractivity contribution in [3.63, 3.8) is 0 Å². The summed E-state index contributed by atoms with van der Waals surface area (Å²) in [7, 11) is -4.13. The highest BCUT2D eigenvalue weighted by atomic mass is 35.5. The average molecular weight is 553 g/mol. The number of para-hydroxylation sites is 3. The van der Waals surface area contributed by atoms with Gasteiger partial charge in [0.15, 0.2) is 0 Å². The molecule has 0 aromatic heterocycles. The van der Waals surface area contributed by atoms with Crippen molar-refractivity contribution in [2.45, 2.75) is 21.6 Å². The minimum atomic E-state index is -4.13. The van der Waals surface area contributed by atoms with Crippen LogP contribution in [0.15, 0.2) is 118 Å². The van der Waals surface area contributed by atoms with Crippen LogP contribution in [0, 0.1) is 0 Å². The minimum Gasteiger partial charge on any atom is -0.492 e. The molecular formula is C28H25ClN2O4S2. The number of sulfonamides is 1. The van der Waals surface area contributed by atoms with Gasteiger partial charge in [0.25, 0.3) is 10.0 Å². The highest BCUT2D eigenvalue weighted by Crippen LogP contribution is 2.35. The van der Waals surface area contributed by atoms with E-state index < -0.39 is 22.5 Å². The van der Waals surface area contributed by atoms with E-state index in [-0.39, 0.29) is 10.6 Å². The molecule has 6 nitrogen and oxygen atoms in total. The van der Waals surface area contributed by atoms with Gasteiger partial charge in [0, 0.05) is 14.8 Å². The maximum absolute atomic E-state index is 13.7. The van der Waals surface area contributed by atoms with E-state index in [0.717, 1.165) is 14.1 Å². The number of benzene rings is 4. The van der Waals surface area contributed by atoms with Gasteiger partial charge in [-0.2, -0.15) is 0 Å². The van der Waals surface area contributed by atoms with E-state index >= 15 is 0 Å². The zero-order valence-corrected chi connectivity index (χ0v) is 22.4. The Hall–Kier alpha value is -3.46. The fourth-order valence-corrected chi connectivity index (χ4v) is 6.05. The van der Waals surface area contributed by atoms with E-state index in [4.69, 9.17) is 16.3 Å². The lowest BCUT2D eigenvalue weighted by molar-refractivity contribution is -0.114. The van der Waals surface area contributed by atoms with Crippen molar-refractivity contribution in [2.24, 2.45) is 0 Å². The molecule has 0 aliphatic heterocycles. The van der Waals surface area contributed by atoms with E-state index in [1.807, 2.05) is 55.5 Å².